The second-order valence-corrected chi connectivity index (χ2v) is 5.35. The van der Waals surface area contributed by atoms with E-state index in [2.05, 4.69) is 0 Å². The van der Waals surface area contributed by atoms with Gasteiger partial charge in [0.15, 0.2) is 0 Å². The molecule has 0 aliphatic rings. The van der Waals surface area contributed by atoms with E-state index in [4.69, 9.17) is 11.6 Å². The van der Waals surface area contributed by atoms with Gasteiger partial charge in [0.25, 0.3) is 0 Å². The van der Waals surface area contributed by atoms with Crippen molar-refractivity contribution in [3.8, 4) is 0 Å². The van der Waals surface area contributed by atoms with Crippen molar-refractivity contribution in [2.45, 2.75) is 18.9 Å². The molecule has 0 aliphatic carbocycles. The molecular weight excluding hydrogens is 259 g/mol. The number of hydrogen-bond donors (Lipinski definition) is 1. The molecule has 4 heteroatoms. The van der Waals surface area contributed by atoms with Crippen molar-refractivity contribution < 1.29 is 9.50 Å². The Morgan fingerprint density at radius 3 is 2.76 bits per heavy atom. The fourth-order valence-electron chi connectivity index (χ4n) is 1.67. The highest BCUT2D eigenvalue weighted by Crippen LogP contribution is 2.18. The summed E-state index contributed by atoms with van der Waals surface area (Å²) < 4.78 is 13.5. The number of aliphatic hydroxyl groups is 1. The van der Waals surface area contributed by atoms with Crippen LogP contribution in [0.5, 0.6) is 0 Å². The summed E-state index contributed by atoms with van der Waals surface area (Å²) in [7, 11) is 0. The van der Waals surface area contributed by atoms with E-state index < -0.39 is 6.10 Å². The summed E-state index contributed by atoms with van der Waals surface area (Å²) in [5.74, 6) is -0.359. The zero-order valence-corrected chi connectivity index (χ0v) is 10.6. The van der Waals surface area contributed by atoms with Gasteiger partial charge in [-0.2, -0.15) is 0 Å². The molecule has 1 heterocycles. The fourth-order valence-corrected chi connectivity index (χ4v) is 2.61. The zero-order chi connectivity index (χ0) is 12.3. The first-order valence-electron chi connectivity index (χ1n) is 5.29. The quantitative estimate of drug-likeness (QED) is 0.898. The number of rotatable bonds is 4. The maximum atomic E-state index is 13.5. The van der Waals surface area contributed by atoms with Crippen molar-refractivity contribution in [2.75, 3.05) is 0 Å². The van der Waals surface area contributed by atoms with E-state index in [1.165, 1.54) is 6.07 Å². The fraction of sp³-hybridized carbons (Fsp3) is 0.231. The molecule has 90 valence electrons. The highest BCUT2D eigenvalue weighted by molar-refractivity contribution is 7.09. The predicted octanol–water partition coefficient (Wildman–Crippen LogP) is 3.69. The molecule has 0 spiro atoms. The minimum absolute atomic E-state index is 0.306. The van der Waals surface area contributed by atoms with Crippen LogP contribution >= 0.6 is 22.9 Å². The molecule has 0 saturated carbocycles. The predicted molar refractivity (Wildman–Crippen MR) is 69.1 cm³/mol. The average molecular weight is 271 g/mol. The summed E-state index contributed by atoms with van der Waals surface area (Å²) >= 11 is 7.26. The Labute approximate surface area is 108 Å². The van der Waals surface area contributed by atoms with Crippen LogP contribution in [0.4, 0.5) is 4.39 Å². The molecule has 0 amide bonds. The van der Waals surface area contributed by atoms with Crippen LogP contribution in [0, 0.1) is 5.82 Å². The Balaban J connectivity index is 2.00. The van der Waals surface area contributed by atoms with Crippen molar-refractivity contribution >= 4 is 22.9 Å². The lowest BCUT2D eigenvalue weighted by Gasteiger charge is -2.10. The molecule has 1 atom stereocenters. The van der Waals surface area contributed by atoms with Crippen LogP contribution in [0.1, 0.15) is 10.4 Å². The van der Waals surface area contributed by atoms with Crippen LogP contribution in [-0.2, 0) is 12.8 Å². The molecule has 0 bridgehead atoms. The first-order valence-corrected chi connectivity index (χ1v) is 6.55. The molecule has 0 aliphatic heterocycles. The van der Waals surface area contributed by atoms with Crippen molar-refractivity contribution in [3.63, 3.8) is 0 Å². The van der Waals surface area contributed by atoms with Crippen molar-refractivity contribution in [3.05, 3.63) is 57.0 Å². The molecule has 0 saturated heterocycles. The Morgan fingerprint density at radius 2 is 2.12 bits per heavy atom. The molecule has 2 aromatic rings. The van der Waals surface area contributed by atoms with Crippen LogP contribution in [-0.4, -0.2) is 11.2 Å². The van der Waals surface area contributed by atoms with Crippen LogP contribution < -0.4 is 0 Å². The Bertz CT molecular complexity index is 484. The first kappa shape index (κ1) is 12.6. The Hall–Kier alpha value is -0.900. The monoisotopic (exact) mass is 270 g/mol. The van der Waals surface area contributed by atoms with Gasteiger partial charge in [-0.3, -0.25) is 0 Å². The third-order valence-electron chi connectivity index (χ3n) is 2.49. The number of hydrogen-bond acceptors (Lipinski definition) is 2. The van der Waals surface area contributed by atoms with Crippen LogP contribution in [0.3, 0.4) is 0 Å². The van der Waals surface area contributed by atoms with Gasteiger partial charge < -0.3 is 5.11 Å². The molecular formula is C13H12ClFOS. The van der Waals surface area contributed by atoms with E-state index in [0.717, 1.165) is 4.88 Å². The number of thiophene rings is 1. The largest absolute Gasteiger partial charge is 0.392 e. The van der Waals surface area contributed by atoms with Gasteiger partial charge in [0.1, 0.15) is 5.82 Å². The minimum Gasteiger partial charge on any atom is -0.392 e. The van der Waals surface area contributed by atoms with Gasteiger partial charge in [-0.25, -0.2) is 4.39 Å². The Morgan fingerprint density at radius 1 is 1.29 bits per heavy atom. The standard InChI is InChI=1S/C13H12ClFOS/c14-10-4-3-9(13(15)7-10)6-11(16)8-12-2-1-5-17-12/h1-5,7,11,16H,6,8H2. The maximum absolute atomic E-state index is 13.5. The average Bonchev–Trinajstić information content (AvgIpc) is 2.75. The zero-order valence-electron chi connectivity index (χ0n) is 9.07. The van der Waals surface area contributed by atoms with Crippen LogP contribution in [0.25, 0.3) is 0 Å². The number of halogens is 2. The topological polar surface area (TPSA) is 20.2 Å². The van der Waals surface area contributed by atoms with Gasteiger partial charge in [-0.05, 0) is 29.1 Å². The smallest absolute Gasteiger partial charge is 0.127 e. The van der Waals surface area contributed by atoms with Gasteiger partial charge in [0, 0.05) is 22.7 Å². The summed E-state index contributed by atoms with van der Waals surface area (Å²) in [4.78, 5) is 1.10. The molecule has 1 aromatic heterocycles. The second kappa shape index (κ2) is 5.63. The van der Waals surface area contributed by atoms with Gasteiger partial charge in [-0.1, -0.05) is 23.7 Å². The van der Waals surface area contributed by atoms with Crippen molar-refractivity contribution in [1.82, 2.24) is 0 Å². The number of benzene rings is 1. The molecule has 1 unspecified atom stereocenters. The molecule has 0 radical (unpaired) electrons. The highest BCUT2D eigenvalue weighted by Gasteiger charge is 2.11. The van der Waals surface area contributed by atoms with E-state index >= 15 is 0 Å². The van der Waals surface area contributed by atoms with E-state index in [1.54, 1.807) is 23.5 Å². The van der Waals surface area contributed by atoms with Gasteiger partial charge in [0.05, 0.1) is 6.10 Å². The summed E-state index contributed by atoms with van der Waals surface area (Å²) in [6.45, 7) is 0. The summed E-state index contributed by atoms with van der Waals surface area (Å²) in [5, 5.41) is 12.2. The molecule has 1 aromatic carbocycles. The lowest BCUT2D eigenvalue weighted by Crippen LogP contribution is -2.14. The van der Waals surface area contributed by atoms with Gasteiger partial charge in [-0.15, -0.1) is 11.3 Å². The Kier molecular flexibility index (Phi) is 4.15. The summed E-state index contributed by atoms with van der Waals surface area (Å²) in [6, 6.07) is 8.43. The van der Waals surface area contributed by atoms with E-state index in [9.17, 15) is 9.50 Å². The lowest BCUT2D eigenvalue weighted by molar-refractivity contribution is 0.175. The van der Waals surface area contributed by atoms with E-state index in [1.807, 2.05) is 17.5 Å². The lowest BCUT2D eigenvalue weighted by atomic mass is 10.0. The third-order valence-corrected chi connectivity index (χ3v) is 3.62. The van der Waals surface area contributed by atoms with Gasteiger partial charge in [0.2, 0.25) is 0 Å². The first-order chi connectivity index (χ1) is 8.15. The van der Waals surface area contributed by atoms with E-state index in [0.29, 0.717) is 23.4 Å². The van der Waals surface area contributed by atoms with Crippen LogP contribution in [0.2, 0.25) is 5.02 Å². The minimum atomic E-state index is -0.565. The SMILES string of the molecule is OC(Cc1cccs1)Cc1ccc(Cl)cc1F. The number of aliphatic hydroxyl groups excluding tert-OH is 1. The van der Waals surface area contributed by atoms with Gasteiger partial charge >= 0.3 is 0 Å². The normalized spacial score (nSPS) is 12.6. The second-order valence-electron chi connectivity index (χ2n) is 3.88. The van der Waals surface area contributed by atoms with Crippen molar-refractivity contribution in [2.24, 2.45) is 0 Å². The maximum Gasteiger partial charge on any atom is 0.127 e. The molecule has 1 nitrogen and oxygen atoms in total. The summed E-state index contributed by atoms with van der Waals surface area (Å²) in [5.41, 5.74) is 0.499. The molecule has 1 N–H and O–H groups in total. The molecule has 0 fully saturated rings. The third kappa shape index (κ3) is 3.53. The highest BCUT2D eigenvalue weighted by atomic mass is 35.5. The summed E-state index contributed by atoms with van der Waals surface area (Å²) in [6.07, 6.45) is 0.296. The van der Waals surface area contributed by atoms with Crippen LogP contribution in [0.15, 0.2) is 35.7 Å². The van der Waals surface area contributed by atoms with E-state index in [-0.39, 0.29) is 5.82 Å². The van der Waals surface area contributed by atoms with Crippen molar-refractivity contribution in [1.29, 1.82) is 0 Å². The molecule has 17 heavy (non-hydrogen) atoms. The molecule has 2 rings (SSSR count).